The third-order valence-corrected chi connectivity index (χ3v) is 8.71. The summed E-state index contributed by atoms with van der Waals surface area (Å²) in [6, 6.07) is 29.2. The molecule has 0 saturated heterocycles. The summed E-state index contributed by atoms with van der Waals surface area (Å²) in [7, 11) is 1.72. The Morgan fingerprint density at radius 2 is 0.551 bits per heavy atom. The second-order valence-corrected chi connectivity index (χ2v) is 17.2. The molecule has 0 spiro atoms. The molecule has 69 heavy (non-hydrogen) atoms. The van der Waals surface area contributed by atoms with E-state index in [1.165, 1.54) is 0 Å². The van der Waals surface area contributed by atoms with Gasteiger partial charge < -0.3 is 28.9 Å². The molecule has 4 aromatic rings. The van der Waals surface area contributed by atoms with Crippen molar-refractivity contribution in [3.05, 3.63) is 125 Å². The summed E-state index contributed by atoms with van der Waals surface area (Å²) in [6.07, 6.45) is 11.2. The van der Waals surface area contributed by atoms with Crippen molar-refractivity contribution in [1.82, 2.24) is 0 Å². The van der Waals surface area contributed by atoms with Gasteiger partial charge in [-0.2, -0.15) is 0 Å². The van der Waals surface area contributed by atoms with Gasteiger partial charge >= 0.3 is 0 Å². The topological polar surface area (TPSA) is 323 Å². The minimum absolute atomic E-state index is 0.439. The summed E-state index contributed by atoms with van der Waals surface area (Å²) in [4.78, 5) is 5.87. The summed E-state index contributed by atoms with van der Waals surface area (Å²) < 4.78 is 124. The van der Waals surface area contributed by atoms with Gasteiger partial charge in [-0.25, -0.2) is 69.6 Å². The lowest BCUT2D eigenvalue weighted by Crippen LogP contribution is -2.68. The van der Waals surface area contributed by atoms with E-state index in [1.807, 2.05) is 199 Å². The maximum Gasteiger partial charge on any atom is 0.165 e. The first-order valence-corrected chi connectivity index (χ1v) is 23.6. The number of ether oxygens (including phenoxy) is 3. The molecule has 27 heteroatoms. The molecule has 0 saturated carbocycles. The van der Waals surface area contributed by atoms with Gasteiger partial charge in [0.15, 0.2) is 18.6 Å². The number of benzene rings is 4. The van der Waals surface area contributed by atoms with Crippen LogP contribution in [0.15, 0.2) is 125 Å². The molecule has 21 nitrogen and oxygen atoms in total. The molecule has 0 N–H and O–H groups in total. The zero-order valence-corrected chi connectivity index (χ0v) is 42.7. The molecule has 0 aromatic heterocycles. The van der Waals surface area contributed by atoms with Crippen molar-refractivity contribution in [1.29, 1.82) is 0 Å². The van der Waals surface area contributed by atoms with E-state index in [1.54, 1.807) is 21.3 Å². The highest BCUT2D eigenvalue weighted by Crippen LogP contribution is 2.44. The summed E-state index contributed by atoms with van der Waals surface area (Å²) in [6.45, 7) is 0. The SMILES string of the molecule is COc1ccc(N(/C(Cl)=C/C=[N+](C)C)c2cc(N(/C(Cl)=C/C=[N+](C)C)c3ccc(OC)cc3)cc(N(/C(Cl)=C/C=[N+](C)C)c3ccc(OC)cc3)c2)cc1.[O-][Cl+3]([O-])([O-])[O-].[O-][Cl+3]([O-])([O-])[O-].[O-][Cl+3]([O-])([O-])[O-]. The molecule has 0 bridgehead atoms. The number of hydrogen-bond donors (Lipinski definition) is 0. The van der Waals surface area contributed by atoms with Crippen LogP contribution in [0.2, 0.25) is 0 Å². The van der Waals surface area contributed by atoms with E-state index in [0.29, 0.717) is 32.7 Å². The molecule has 4 rings (SSSR count). The Balaban J connectivity index is 0.00000138. The first kappa shape index (κ1) is 62.2. The van der Waals surface area contributed by atoms with E-state index in [-0.39, 0.29) is 0 Å². The smallest absolute Gasteiger partial charge is 0.165 e. The van der Waals surface area contributed by atoms with Crippen molar-refractivity contribution in [3.63, 3.8) is 0 Å². The van der Waals surface area contributed by atoms with Crippen LogP contribution in [0.25, 0.3) is 0 Å². The first-order chi connectivity index (χ1) is 31.8. The monoisotopic (exact) mass is 1090 g/mol. The lowest BCUT2D eigenvalue weighted by atomic mass is 10.1. The minimum atomic E-state index is -4.94. The van der Waals surface area contributed by atoms with E-state index < -0.39 is 30.7 Å². The number of hydrogen-bond acceptors (Lipinski definition) is 18. The average Bonchev–Trinajstić information content (AvgIpc) is 3.23. The predicted molar refractivity (Wildman–Crippen MR) is 228 cm³/mol. The Bertz CT molecular complexity index is 2100. The van der Waals surface area contributed by atoms with Gasteiger partial charge in [-0.3, -0.25) is 0 Å². The highest BCUT2D eigenvalue weighted by atomic mass is 35.7. The first-order valence-electron chi connectivity index (χ1n) is 18.8. The molecule has 0 unspecified atom stereocenters. The molecule has 0 atom stereocenters. The number of rotatable bonds is 15. The number of methoxy groups -OCH3 is 3. The summed E-state index contributed by atoms with van der Waals surface area (Å²) in [5.41, 5.74) is 4.55. The van der Waals surface area contributed by atoms with Gasteiger partial charge in [0.1, 0.15) is 75.0 Å². The van der Waals surface area contributed by atoms with Crippen molar-refractivity contribution in [3.8, 4) is 17.2 Å². The quantitative estimate of drug-likeness (QED) is 0.0612. The Morgan fingerprint density at radius 3 is 0.696 bits per heavy atom. The lowest BCUT2D eigenvalue weighted by molar-refractivity contribution is -2.00. The summed E-state index contributed by atoms with van der Waals surface area (Å²) in [5.74, 6) is 2.15. The molecular formula is C42H48Cl6N6O15. The Labute approximate surface area is 420 Å². The highest BCUT2D eigenvalue weighted by molar-refractivity contribution is 6.34. The van der Waals surface area contributed by atoms with Gasteiger partial charge in [0.25, 0.3) is 0 Å². The number of allylic oxidation sites excluding steroid dienone is 3. The van der Waals surface area contributed by atoms with Crippen LogP contribution in [0.4, 0.5) is 34.1 Å². The van der Waals surface area contributed by atoms with E-state index >= 15 is 0 Å². The van der Waals surface area contributed by atoms with E-state index in [2.05, 4.69) is 0 Å². The molecule has 0 heterocycles. The summed E-state index contributed by atoms with van der Waals surface area (Å²) in [5, 5.41) is 1.32. The molecule has 0 radical (unpaired) electrons. The Hall–Kier alpha value is -4.83. The van der Waals surface area contributed by atoms with Gasteiger partial charge in [0, 0.05) is 35.3 Å². The van der Waals surface area contributed by atoms with Crippen molar-refractivity contribution in [2.45, 2.75) is 0 Å². The third-order valence-electron chi connectivity index (χ3n) is 7.83. The van der Waals surface area contributed by atoms with E-state index in [9.17, 15) is 0 Å². The van der Waals surface area contributed by atoms with Crippen LogP contribution in [-0.2, 0) is 0 Å². The van der Waals surface area contributed by atoms with E-state index in [0.717, 1.165) is 34.1 Å². The normalized spacial score (nSPS) is 11.7. The lowest BCUT2D eigenvalue weighted by Gasteiger charge is -2.31. The standard InChI is InChI=1S/C42H48Cl3N6O3.3ClHO4/c1-46(2)25-22-40(43)49(31-10-16-37(52-7)17-11-31)34-28-35(50(41(44)23-26-47(3)4)32-12-18-38(53-8)19-13-32)30-36(29-34)51(42(45)24-27-48(5)6)33-14-20-39(54-9)21-15-33;3*2-1(3,4)5/h10-30H,1-9H3;3*(H,2,3,4,5)/q+3;;;/p-3. The van der Waals surface area contributed by atoms with E-state index in [4.69, 9.17) is 105 Å². The van der Waals surface area contributed by atoms with Crippen LogP contribution in [0, 0.1) is 30.7 Å². The molecule has 0 amide bonds. The zero-order chi connectivity index (χ0) is 52.9. The molecule has 0 aliphatic heterocycles. The minimum Gasteiger partial charge on any atom is -0.497 e. The third kappa shape index (κ3) is 26.7. The van der Waals surface area contributed by atoms with Gasteiger partial charge in [-0.1, -0.05) is 34.8 Å². The van der Waals surface area contributed by atoms with Gasteiger partial charge in [0.05, 0.1) is 38.4 Å². The van der Waals surface area contributed by atoms with Gasteiger partial charge in [-0.05, 0) is 91.0 Å². The Kier molecular flexibility index (Phi) is 26.5. The van der Waals surface area contributed by atoms with Crippen LogP contribution in [0.1, 0.15) is 0 Å². The van der Waals surface area contributed by atoms with Crippen molar-refractivity contribution in [2.24, 2.45) is 0 Å². The molecular weight excluding hydrogens is 1040 g/mol. The van der Waals surface area contributed by atoms with Crippen LogP contribution in [-0.4, -0.2) is 96.0 Å². The largest absolute Gasteiger partial charge is 0.497 e. The second kappa shape index (κ2) is 29.4. The number of anilines is 6. The maximum absolute atomic E-state index is 8.49. The van der Waals surface area contributed by atoms with Crippen LogP contribution in [0.3, 0.4) is 0 Å². The summed E-state index contributed by atoms with van der Waals surface area (Å²) >= 11 is 21.7. The maximum atomic E-state index is 8.49. The van der Waals surface area contributed by atoms with Crippen molar-refractivity contribution >= 4 is 87.6 Å². The molecule has 4 aromatic carbocycles. The average molecular weight is 1090 g/mol. The number of nitrogens with zero attached hydrogens (tertiary/aromatic N) is 6. The van der Waals surface area contributed by atoms with Crippen molar-refractivity contribution in [2.75, 3.05) is 78.3 Å². The highest BCUT2D eigenvalue weighted by Gasteiger charge is 2.24. The zero-order valence-electron chi connectivity index (χ0n) is 38.2. The Morgan fingerprint density at radius 1 is 0.377 bits per heavy atom. The molecule has 0 aliphatic carbocycles. The van der Waals surface area contributed by atoms with Crippen LogP contribution < -0.4 is 84.8 Å². The molecule has 0 aliphatic rings. The predicted octanol–water partition coefficient (Wildman–Crippen LogP) is -4.87. The van der Waals surface area contributed by atoms with Gasteiger partial charge in [0.2, 0.25) is 0 Å². The number of halogens is 6. The van der Waals surface area contributed by atoms with Crippen LogP contribution in [0.5, 0.6) is 17.2 Å². The fraction of sp³-hybridized carbons (Fsp3) is 0.214. The molecule has 378 valence electrons. The van der Waals surface area contributed by atoms with Crippen LogP contribution >= 0.6 is 34.8 Å². The second-order valence-electron chi connectivity index (χ2n) is 13.7. The van der Waals surface area contributed by atoms with Gasteiger partial charge in [-0.15, -0.1) is 30.7 Å². The fourth-order valence-electron chi connectivity index (χ4n) is 5.20. The van der Waals surface area contributed by atoms with Crippen molar-refractivity contribution < 1.29 is 115 Å². The fourth-order valence-corrected chi connectivity index (χ4v) is 5.96. The molecule has 0 fully saturated rings.